The molecule has 18 heavy (non-hydrogen) atoms. The minimum absolute atomic E-state index is 0.213. The van der Waals surface area contributed by atoms with Gasteiger partial charge in [0, 0.05) is 18.8 Å². The average molecular weight is 246 g/mol. The molecule has 1 N–H and O–H groups in total. The quantitative estimate of drug-likeness (QED) is 0.889. The van der Waals surface area contributed by atoms with Gasteiger partial charge in [0.05, 0.1) is 6.54 Å². The van der Waals surface area contributed by atoms with E-state index >= 15 is 0 Å². The lowest BCUT2D eigenvalue weighted by Crippen LogP contribution is -2.40. The number of carbonyl (C=O) groups excluding carboxylic acids is 1. The van der Waals surface area contributed by atoms with E-state index in [4.69, 9.17) is 0 Å². The van der Waals surface area contributed by atoms with E-state index in [0.717, 1.165) is 37.5 Å². The summed E-state index contributed by atoms with van der Waals surface area (Å²) in [4.78, 5) is 14.0. The van der Waals surface area contributed by atoms with Crippen LogP contribution in [0.1, 0.15) is 25.3 Å². The van der Waals surface area contributed by atoms with Crippen molar-refractivity contribution in [2.24, 2.45) is 5.92 Å². The first-order valence-electron chi connectivity index (χ1n) is 6.74. The van der Waals surface area contributed by atoms with Crippen LogP contribution in [0.15, 0.2) is 24.3 Å². The van der Waals surface area contributed by atoms with E-state index in [1.54, 1.807) is 0 Å². The van der Waals surface area contributed by atoms with E-state index in [9.17, 15) is 4.79 Å². The van der Waals surface area contributed by atoms with Crippen LogP contribution in [-0.4, -0.2) is 30.4 Å². The third-order valence-electron chi connectivity index (χ3n) is 3.71. The van der Waals surface area contributed by atoms with Crippen molar-refractivity contribution in [3.05, 3.63) is 29.8 Å². The minimum Gasteiger partial charge on any atom is -0.376 e. The van der Waals surface area contributed by atoms with Crippen molar-refractivity contribution >= 4 is 11.6 Å². The Balaban J connectivity index is 1.83. The van der Waals surface area contributed by atoms with Crippen molar-refractivity contribution in [3.63, 3.8) is 0 Å². The van der Waals surface area contributed by atoms with Gasteiger partial charge >= 0.3 is 0 Å². The van der Waals surface area contributed by atoms with Gasteiger partial charge in [-0.1, -0.05) is 25.1 Å². The standard InChI is InChI=1S/C15H22N2O/c1-12-7-9-17(10-8-12)15(18)11-16-14-6-4-3-5-13(14)2/h3-6,12,16H,7-11H2,1-2H3. The van der Waals surface area contributed by atoms with Gasteiger partial charge in [-0.15, -0.1) is 0 Å². The van der Waals surface area contributed by atoms with E-state index < -0.39 is 0 Å². The third kappa shape index (κ3) is 3.25. The number of nitrogens with zero attached hydrogens (tertiary/aromatic N) is 1. The highest BCUT2D eigenvalue weighted by molar-refractivity contribution is 5.81. The molecular weight excluding hydrogens is 224 g/mol. The molecule has 1 saturated heterocycles. The first-order valence-corrected chi connectivity index (χ1v) is 6.74. The lowest BCUT2D eigenvalue weighted by Gasteiger charge is -2.30. The second kappa shape index (κ2) is 5.89. The molecule has 1 aromatic rings. The van der Waals surface area contributed by atoms with Crippen LogP contribution in [0.25, 0.3) is 0 Å². The molecule has 1 amide bonds. The number of aryl methyl sites for hydroxylation is 1. The Morgan fingerprint density at radius 1 is 1.33 bits per heavy atom. The molecule has 0 saturated carbocycles. The van der Waals surface area contributed by atoms with Crippen LogP contribution < -0.4 is 5.32 Å². The smallest absolute Gasteiger partial charge is 0.241 e. The monoisotopic (exact) mass is 246 g/mol. The Hall–Kier alpha value is -1.51. The highest BCUT2D eigenvalue weighted by Crippen LogP contribution is 2.17. The first kappa shape index (κ1) is 12.9. The zero-order valence-electron chi connectivity index (χ0n) is 11.3. The average Bonchev–Trinajstić information content (AvgIpc) is 2.38. The molecule has 1 heterocycles. The number of carbonyl (C=O) groups is 1. The summed E-state index contributed by atoms with van der Waals surface area (Å²) in [6, 6.07) is 8.06. The van der Waals surface area contributed by atoms with Gasteiger partial charge < -0.3 is 10.2 Å². The fourth-order valence-electron chi connectivity index (χ4n) is 2.31. The normalized spacial score (nSPS) is 16.7. The number of benzene rings is 1. The van der Waals surface area contributed by atoms with Crippen LogP contribution in [0.2, 0.25) is 0 Å². The second-order valence-electron chi connectivity index (χ2n) is 5.23. The number of anilines is 1. The van der Waals surface area contributed by atoms with Crippen molar-refractivity contribution < 1.29 is 4.79 Å². The van der Waals surface area contributed by atoms with Crippen molar-refractivity contribution in [3.8, 4) is 0 Å². The molecule has 0 aromatic heterocycles. The lowest BCUT2D eigenvalue weighted by molar-refractivity contribution is -0.130. The topological polar surface area (TPSA) is 32.3 Å². The molecule has 0 bridgehead atoms. The second-order valence-corrected chi connectivity index (χ2v) is 5.23. The Labute approximate surface area is 109 Å². The largest absolute Gasteiger partial charge is 0.376 e. The zero-order chi connectivity index (χ0) is 13.0. The molecule has 1 aliphatic heterocycles. The summed E-state index contributed by atoms with van der Waals surface area (Å²) in [5.41, 5.74) is 2.23. The summed E-state index contributed by atoms with van der Waals surface area (Å²) in [7, 11) is 0. The summed E-state index contributed by atoms with van der Waals surface area (Å²) >= 11 is 0. The van der Waals surface area contributed by atoms with Gasteiger partial charge in [-0.25, -0.2) is 0 Å². The zero-order valence-corrected chi connectivity index (χ0v) is 11.3. The fraction of sp³-hybridized carbons (Fsp3) is 0.533. The number of hydrogen-bond donors (Lipinski definition) is 1. The molecule has 0 aliphatic carbocycles. The van der Waals surface area contributed by atoms with E-state index in [1.165, 1.54) is 5.56 Å². The predicted octanol–water partition coefficient (Wildman–Crippen LogP) is 2.67. The first-order chi connectivity index (χ1) is 8.66. The number of amides is 1. The number of piperidine rings is 1. The number of likely N-dealkylation sites (tertiary alicyclic amines) is 1. The molecule has 0 spiro atoms. The molecule has 1 fully saturated rings. The fourth-order valence-corrected chi connectivity index (χ4v) is 2.31. The van der Waals surface area contributed by atoms with Gasteiger partial charge in [-0.05, 0) is 37.3 Å². The Kier molecular flexibility index (Phi) is 4.24. The predicted molar refractivity (Wildman–Crippen MR) is 74.6 cm³/mol. The van der Waals surface area contributed by atoms with Crippen LogP contribution in [-0.2, 0) is 4.79 Å². The minimum atomic E-state index is 0.213. The van der Waals surface area contributed by atoms with Crippen LogP contribution >= 0.6 is 0 Å². The van der Waals surface area contributed by atoms with Crippen molar-refractivity contribution in [1.82, 2.24) is 4.90 Å². The molecule has 0 atom stereocenters. The van der Waals surface area contributed by atoms with Gasteiger partial charge in [0.15, 0.2) is 0 Å². The van der Waals surface area contributed by atoms with Gasteiger partial charge in [0.1, 0.15) is 0 Å². The summed E-state index contributed by atoms with van der Waals surface area (Å²) in [5.74, 6) is 0.975. The van der Waals surface area contributed by atoms with Crippen molar-refractivity contribution in [2.45, 2.75) is 26.7 Å². The third-order valence-corrected chi connectivity index (χ3v) is 3.71. The van der Waals surface area contributed by atoms with Gasteiger partial charge in [-0.3, -0.25) is 4.79 Å². The van der Waals surface area contributed by atoms with Gasteiger partial charge in [0.2, 0.25) is 5.91 Å². The summed E-state index contributed by atoms with van der Waals surface area (Å²) in [6.45, 7) is 6.53. The van der Waals surface area contributed by atoms with Gasteiger partial charge in [-0.2, -0.15) is 0 Å². The molecule has 2 rings (SSSR count). The maximum absolute atomic E-state index is 12.1. The summed E-state index contributed by atoms with van der Waals surface area (Å²) < 4.78 is 0. The van der Waals surface area contributed by atoms with E-state index in [-0.39, 0.29) is 5.91 Å². The van der Waals surface area contributed by atoms with Crippen molar-refractivity contribution in [2.75, 3.05) is 25.0 Å². The molecule has 3 heteroatoms. The Morgan fingerprint density at radius 3 is 2.67 bits per heavy atom. The maximum Gasteiger partial charge on any atom is 0.241 e. The van der Waals surface area contributed by atoms with Crippen LogP contribution in [0.4, 0.5) is 5.69 Å². The number of rotatable bonds is 3. The lowest BCUT2D eigenvalue weighted by atomic mass is 9.99. The van der Waals surface area contributed by atoms with Crippen LogP contribution in [0, 0.1) is 12.8 Å². The van der Waals surface area contributed by atoms with Crippen LogP contribution in [0.3, 0.4) is 0 Å². The summed E-state index contributed by atoms with van der Waals surface area (Å²) in [5, 5.41) is 3.23. The maximum atomic E-state index is 12.1. The van der Waals surface area contributed by atoms with E-state index in [1.807, 2.05) is 23.1 Å². The number of nitrogens with one attached hydrogen (secondary N) is 1. The van der Waals surface area contributed by atoms with Crippen LogP contribution in [0.5, 0.6) is 0 Å². The number of hydrogen-bond acceptors (Lipinski definition) is 2. The molecule has 3 nitrogen and oxygen atoms in total. The number of para-hydroxylation sites is 1. The van der Waals surface area contributed by atoms with E-state index in [0.29, 0.717) is 6.54 Å². The van der Waals surface area contributed by atoms with Gasteiger partial charge in [0.25, 0.3) is 0 Å². The Bertz CT molecular complexity index is 409. The van der Waals surface area contributed by atoms with Crippen molar-refractivity contribution in [1.29, 1.82) is 0 Å². The highest BCUT2D eigenvalue weighted by atomic mass is 16.2. The molecule has 0 unspecified atom stereocenters. The molecular formula is C15H22N2O. The summed E-state index contributed by atoms with van der Waals surface area (Å²) in [6.07, 6.45) is 2.27. The molecule has 1 aromatic carbocycles. The molecule has 0 radical (unpaired) electrons. The SMILES string of the molecule is Cc1ccccc1NCC(=O)N1CCC(C)CC1. The highest BCUT2D eigenvalue weighted by Gasteiger charge is 2.19. The van der Waals surface area contributed by atoms with E-state index in [2.05, 4.69) is 25.2 Å². The molecule has 98 valence electrons. The molecule has 1 aliphatic rings. The Morgan fingerprint density at radius 2 is 2.00 bits per heavy atom.